The number of benzene rings is 3. The molecule has 2 heterocycles. The van der Waals surface area contributed by atoms with E-state index in [4.69, 9.17) is 4.74 Å². The minimum atomic E-state index is -0.453. The fourth-order valence-corrected chi connectivity index (χ4v) is 4.42. The Kier molecular flexibility index (Phi) is 6.10. The van der Waals surface area contributed by atoms with Crippen LogP contribution in [0.25, 0.3) is 39.0 Å². The summed E-state index contributed by atoms with van der Waals surface area (Å²) in [4.78, 5) is 35.5. The maximum atomic E-state index is 12.7. The Hall–Kier alpha value is -5.05. The monoisotopic (exact) mass is 494 g/mol. The van der Waals surface area contributed by atoms with Crippen molar-refractivity contribution >= 4 is 22.4 Å². The molecule has 1 N–H and O–H groups in total. The maximum absolute atomic E-state index is 12.7. The van der Waals surface area contributed by atoms with Gasteiger partial charge in [0.1, 0.15) is 0 Å². The fraction of sp³-hybridized carbons (Fsp3) is 0.107. The molecule has 184 valence electrons. The zero-order valence-electron chi connectivity index (χ0n) is 20.1. The highest BCUT2D eigenvalue weighted by Gasteiger charge is 2.21. The van der Waals surface area contributed by atoms with Crippen molar-refractivity contribution in [2.24, 2.45) is 0 Å². The first-order valence-electron chi connectivity index (χ1n) is 11.6. The lowest BCUT2D eigenvalue weighted by Gasteiger charge is -2.13. The van der Waals surface area contributed by atoms with Gasteiger partial charge in [-0.3, -0.25) is 14.9 Å². The van der Waals surface area contributed by atoms with Gasteiger partial charge in [0, 0.05) is 34.5 Å². The van der Waals surface area contributed by atoms with Gasteiger partial charge in [-0.2, -0.15) is 5.10 Å². The molecule has 2 aromatic heterocycles. The van der Waals surface area contributed by atoms with E-state index in [2.05, 4.69) is 10.2 Å². The van der Waals surface area contributed by atoms with Crippen molar-refractivity contribution < 1.29 is 14.5 Å². The van der Waals surface area contributed by atoms with Crippen LogP contribution in [0.1, 0.15) is 23.0 Å². The number of nitrogens with zero attached hydrogens (tertiary/aromatic N) is 3. The molecule has 0 bridgehead atoms. The van der Waals surface area contributed by atoms with E-state index >= 15 is 0 Å². The number of carbonyl (C=O) groups excluding carboxylic acids is 1. The molecule has 9 nitrogen and oxygen atoms in total. The first-order valence-corrected chi connectivity index (χ1v) is 11.6. The van der Waals surface area contributed by atoms with Crippen LogP contribution in [-0.2, 0) is 4.74 Å². The molecule has 3 aromatic carbocycles. The number of nitro benzene ring substituents is 1. The van der Waals surface area contributed by atoms with Gasteiger partial charge in [0.05, 0.1) is 33.9 Å². The lowest BCUT2D eigenvalue weighted by atomic mass is 10.0. The zero-order valence-corrected chi connectivity index (χ0v) is 20.1. The third-order valence-electron chi connectivity index (χ3n) is 6.21. The van der Waals surface area contributed by atoms with Crippen molar-refractivity contribution in [1.29, 1.82) is 0 Å². The molecule has 0 radical (unpaired) electrons. The van der Waals surface area contributed by atoms with Crippen molar-refractivity contribution in [2.75, 3.05) is 6.61 Å². The van der Waals surface area contributed by atoms with E-state index in [0.717, 1.165) is 16.6 Å². The summed E-state index contributed by atoms with van der Waals surface area (Å²) in [6, 6.07) is 22.8. The second kappa shape index (κ2) is 9.54. The number of ether oxygens (including phenoxy) is 1. The van der Waals surface area contributed by atoms with Crippen LogP contribution in [-0.4, -0.2) is 32.3 Å². The molecule has 0 aliphatic heterocycles. The van der Waals surface area contributed by atoms with Crippen LogP contribution in [0, 0.1) is 17.0 Å². The molecule has 0 fully saturated rings. The molecule has 0 aliphatic carbocycles. The van der Waals surface area contributed by atoms with Gasteiger partial charge in [-0.05, 0) is 55.8 Å². The summed E-state index contributed by atoms with van der Waals surface area (Å²) >= 11 is 0. The van der Waals surface area contributed by atoms with Crippen molar-refractivity contribution in [3.63, 3.8) is 0 Å². The number of fused-ring (bicyclic) bond motifs is 1. The van der Waals surface area contributed by atoms with Gasteiger partial charge in [0.15, 0.2) is 0 Å². The van der Waals surface area contributed by atoms with Crippen LogP contribution in [0.2, 0.25) is 0 Å². The van der Waals surface area contributed by atoms with Gasteiger partial charge in [0.2, 0.25) is 0 Å². The fourth-order valence-electron chi connectivity index (χ4n) is 4.42. The van der Waals surface area contributed by atoms with Crippen molar-refractivity contribution in [1.82, 2.24) is 14.8 Å². The lowest BCUT2D eigenvalue weighted by molar-refractivity contribution is -0.384. The Balaban J connectivity index is 1.63. The van der Waals surface area contributed by atoms with Gasteiger partial charge < -0.3 is 9.30 Å². The summed E-state index contributed by atoms with van der Waals surface area (Å²) in [6.45, 7) is 3.81. The molecule has 0 aliphatic rings. The topological polar surface area (TPSA) is 120 Å². The van der Waals surface area contributed by atoms with Gasteiger partial charge in [-0.15, -0.1) is 0 Å². The van der Waals surface area contributed by atoms with Crippen LogP contribution < -0.4 is 5.56 Å². The standard InChI is InChI=1S/C28H22N4O5/c1-3-37-28(34)24-16-25(18-8-14-21(15-9-18)32(35)36)31(17(24)2)20-12-10-19(11-13-20)26-22-6-4-5-7-23(22)27(33)30-29-26/h4-16H,3H2,1-2H3,(H,30,33). The second-order valence-electron chi connectivity index (χ2n) is 8.38. The number of nitrogens with one attached hydrogen (secondary N) is 1. The van der Waals surface area contributed by atoms with Gasteiger partial charge in [0.25, 0.3) is 11.2 Å². The number of hydrogen-bond acceptors (Lipinski definition) is 6. The van der Waals surface area contributed by atoms with Crippen LogP contribution in [0.3, 0.4) is 0 Å². The minimum Gasteiger partial charge on any atom is -0.462 e. The largest absolute Gasteiger partial charge is 0.462 e. The molecule has 0 amide bonds. The van der Waals surface area contributed by atoms with Crippen molar-refractivity contribution in [3.8, 4) is 28.2 Å². The van der Waals surface area contributed by atoms with Crippen molar-refractivity contribution in [2.45, 2.75) is 13.8 Å². The number of carbonyl (C=O) groups is 1. The summed E-state index contributed by atoms with van der Waals surface area (Å²) in [5.41, 5.74) is 4.45. The Labute approximate surface area is 211 Å². The number of H-pyrrole nitrogens is 1. The molecule has 0 saturated carbocycles. The first kappa shape index (κ1) is 23.7. The second-order valence-corrected chi connectivity index (χ2v) is 8.38. The molecule has 0 atom stereocenters. The summed E-state index contributed by atoms with van der Waals surface area (Å²) in [5.74, 6) is -0.442. The SMILES string of the molecule is CCOC(=O)c1cc(-c2ccc([N+](=O)[O-])cc2)n(-c2ccc(-c3n[nH]c(=O)c4ccccc34)cc2)c1C. The summed E-state index contributed by atoms with van der Waals surface area (Å²) in [6.07, 6.45) is 0. The van der Waals surface area contributed by atoms with E-state index in [1.165, 1.54) is 12.1 Å². The third-order valence-corrected chi connectivity index (χ3v) is 6.21. The van der Waals surface area contributed by atoms with E-state index in [0.29, 0.717) is 33.6 Å². The predicted octanol–water partition coefficient (Wildman–Crippen LogP) is 5.44. The minimum absolute atomic E-state index is 0.0193. The molecule has 5 rings (SSSR count). The Morgan fingerprint density at radius 1 is 1.00 bits per heavy atom. The van der Waals surface area contributed by atoms with Crippen LogP contribution in [0.5, 0.6) is 0 Å². The van der Waals surface area contributed by atoms with E-state index in [1.54, 1.807) is 37.3 Å². The molecule has 0 saturated heterocycles. The molecular weight excluding hydrogens is 472 g/mol. The zero-order chi connectivity index (χ0) is 26.1. The highest BCUT2D eigenvalue weighted by Crippen LogP contribution is 2.32. The van der Waals surface area contributed by atoms with Crippen molar-refractivity contribution in [3.05, 3.63) is 111 Å². The maximum Gasteiger partial charge on any atom is 0.339 e. The number of nitro groups is 1. The number of aromatic nitrogens is 3. The van der Waals surface area contributed by atoms with Gasteiger partial charge in [-0.1, -0.05) is 30.3 Å². The smallest absolute Gasteiger partial charge is 0.339 e. The molecule has 0 spiro atoms. The van der Waals surface area contributed by atoms with E-state index in [9.17, 15) is 19.7 Å². The number of hydrogen-bond donors (Lipinski definition) is 1. The first-order chi connectivity index (χ1) is 17.9. The number of aromatic amines is 1. The quantitative estimate of drug-likeness (QED) is 0.191. The average Bonchev–Trinajstić information content (AvgIpc) is 3.26. The van der Waals surface area contributed by atoms with Gasteiger partial charge in [-0.25, -0.2) is 9.89 Å². The molecule has 0 unspecified atom stereocenters. The Bertz CT molecular complexity index is 1700. The highest BCUT2D eigenvalue weighted by atomic mass is 16.6. The number of esters is 1. The molecular formula is C28H22N4O5. The summed E-state index contributed by atoms with van der Waals surface area (Å²) in [5, 5.41) is 19.2. The average molecular weight is 495 g/mol. The normalized spacial score (nSPS) is 11.0. The summed E-state index contributed by atoms with van der Waals surface area (Å²) in [7, 11) is 0. The number of non-ortho nitro benzene ring substituents is 1. The van der Waals surface area contributed by atoms with E-state index < -0.39 is 10.9 Å². The van der Waals surface area contributed by atoms with E-state index in [1.807, 2.05) is 47.9 Å². The molecule has 5 aromatic rings. The molecule has 9 heteroatoms. The molecule has 37 heavy (non-hydrogen) atoms. The van der Waals surface area contributed by atoms with Crippen LogP contribution in [0.15, 0.2) is 83.7 Å². The number of rotatable bonds is 6. The predicted molar refractivity (Wildman–Crippen MR) is 140 cm³/mol. The van der Waals surface area contributed by atoms with Crippen LogP contribution in [0.4, 0.5) is 5.69 Å². The van der Waals surface area contributed by atoms with Crippen LogP contribution >= 0.6 is 0 Å². The highest BCUT2D eigenvalue weighted by molar-refractivity contribution is 5.94. The van der Waals surface area contributed by atoms with E-state index in [-0.39, 0.29) is 17.9 Å². The third kappa shape index (κ3) is 4.27. The Morgan fingerprint density at radius 3 is 2.30 bits per heavy atom. The van der Waals surface area contributed by atoms with Gasteiger partial charge >= 0.3 is 5.97 Å². The Morgan fingerprint density at radius 2 is 1.65 bits per heavy atom. The summed E-state index contributed by atoms with van der Waals surface area (Å²) < 4.78 is 7.16. The lowest BCUT2D eigenvalue weighted by Crippen LogP contribution is -2.09.